The van der Waals surface area contributed by atoms with Crippen LogP contribution in [0.15, 0.2) is 34.3 Å². The van der Waals surface area contributed by atoms with Gasteiger partial charge in [-0.05, 0) is 43.0 Å². The Bertz CT molecular complexity index is 739. The molecule has 2 heterocycles. The number of pyridine rings is 1. The highest BCUT2D eigenvalue weighted by molar-refractivity contribution is 8.13. The van der Waals surface area contributed by atoms with Crippen molar-refractivity contribution in [3.63, 3.8) is 0 Å². The molecule has 0 aliphatic carbocycles. The molecule has 0 atom stereocenters. The van der Waals surface area contributed by atoms with Gasteiger partial charge in [0.05, 0.1) is 18.7 Å². The number of aromatic nitrogens is 1. The molecule has 0 fully saturated rings. The summed E-state index contributed by atoms with van der Waals surface area (Å²) < 4.78 is 10.8. The number of ether oxygens (including phenoxy) is 2. The summed E-state index contributed by atoms with van der Waals surface area (Å²) in [5.74, 6) is 0.886. The summed E-state index contributed by atoms with van der Waals surface area (Å²) in [6.07, 6.45) is 0. The molecular weight excluding hydrogens is 346 g/mol. The number of aliphatic imine (C=N–C) groups is 1. The second kappa shape index (κ2) is 8.55. The van der Waals surface area contributed by atoms with Crippen molar-refractivity contribution in [1.82, 2.24) is 9.88 Å². The number of benzene rings is 1. The van der Waals surface area contributed by atoms with Crippen molar-refractivity contribution in [3.8, 4) is 5.75 Å². The van der Waals surface area contributed by atoms with Gasteiger partial charge in [-0.25, -0.2) is 4.98 Å². The van der Waals surface area contributed by atoms with Gasteiger partial charge in [0.2, 0.25) is 0 Å². The first-order chi connectivity index (χ1) is 11.2. The van der Waals surface area contributed by atoms with Crippen molar-refractivity contribution in [2.75, 3.05) is 33.9 Å². The summed E-state index contributed by atoms with van der Waals surface area (Å²) >= 11 is 1.62. The highest BCUT2D eigenvalue weighted by Crippen LogP contribution is 2.33. The topological polar surface area (TPSA) is 47.0 Å². The van der Waals surface area contributed by atoms with Crippen molar-refractivity contribution in [1.29, 1.82) is 0 Å². The molecule has 0 N–H and O–H groups in total. The van der Waals surface area contributed by atoms with E-state index in [4.69, 9.17) is 14.5 Å². The molecule has 1 aliphatic heterocycles. The summed E-state index contributed by atoms with van der Waals surface area (Å²) in [5.41, 5.74) is 2.21. The van der Waals surface area contributed by atoms with E-state index in [2.05, 4.69) is 22.0 Å². The van der Waals surface area contributed by atoms with Crippen molar-refractivity contribution in [2.45, 2.75) is 18.5 Å². The number of nitrogens with zero attached hydrogens (tertiary/aromatic N) is 3. The lowest BCUT2D eigenvalue weighted by Gasteiger charge is -2.30. The minimum absolute atomic E-state index is 0. The number of methoxy groups -OCH3 is 1. The molecule has 0 saturated carbocycles. The molecule has 130 valence electrons. The van der Waals surface area contributed by atoms with Crippen LogP contribution in [0.1, 0.15) is 12.5 Å². The van der Waals surface area contributed by atoms with Crippen LogP contribution in [0.3, 0.4) is 0 Å². The summed E-state index contributed by atoms with van der Waals surface area (Å²) in [4.78, 5) is 11.4. The van der Waals surface area contributed by atoms with Gasteiger partial charge in [-0.1, -0.05) is 0 Å². The molecule has 1 aliphatic rings. The van der Waals surface area contributed by atoms with Crippen molar-refractivity contribution < 1.29 is 9.47 Å². The number of rotatable bonds is 5. The number of amidine groups is 1. The van der Waals surface area contributed by atoms with Crippen molar-refractivity contribution >= 4 is 40.2 Å². The smallest absolute Gasteiger partial charge is 0.165 e. The van der Waals surface area contributed by atoms with Crippen LogP contribution in [0.4, 0.5) is 0 Å². The molecule has 3 rings (SSSR count). The van der Waals surface area contributed by atoms with Crippen LogP contribution in [0.2, 0.25) is 0 Å². The number of halogens is 1. The van der Waals surface area contributed by atoms with Gasteiger partial charge in [0, 0.05) is 38.2 Å². The van der Waals surface area contributed by atoms with Crippen LogP contribution >= 0.6 is 24.2 Å². The van der Waals surface area contributed by atoms with Gasteiger partial charge in [-0.15, -0.1) is 12.4 Å². The monoisotopic (exact) mass is 367 g/mol. The molecule has 0 radical (unpaired) electrons. The Morgan fingerprint density at radius 2 is 2.17 bits per heavy atom. The quantitative estimate of drug-likeness (QED) is 0.808. The number of hydrogen-bond donors (Lipinski definition) is 0. The number of hydrogen-bond acceptors (Lipinski definition) is 5. The van der Waals surface area contributed by atoms with Crippen LogP contribution in [0, 0.1) is 0 Å². The summed E-state index contributed by atoms with van der Waals surface area (Å²) in [6.45, 7) is 4.98. The maximum Gasteiger partial charge on any atom is 0.165 e. The highest BCUT2D eigenvalue weighted by atomic mass is 35.5. The highest BCUT2D eigenvalue weighted by Gasteiger charge is 2.23. The van der Waals surface area contributed by atoms with Gasteiger partial charge < -0.3 is 14.4 Å². The average molecular weight is 368 g/mol. The third-order valence-corrected chi connectivity index (χ3v) is 4.88. The first kappa shape index (κ1) is 18.8. The predicted octanol–water partition coefficient (Wildman–Crippen LogP) is 3.60. The Morgan fingerprint density at radius 1 is 1.33 bits per heavy atom. The summed E-state index contributed by atoms with van der Waals surface area (Å²) in [5, 5.41) is 3.14. The lowest BCUT2D eigenvalue weighted by atomic mass is 10.1. The Morgan fingerprint density at radius 3 is 2.88 bits per heavy atom. The van der Waals surface area contributed by atoms with E-state index in [1.54, 1.807) is 18.9 Å². The lowest BCUT2D eigenvalue weighted by molar-refractivity contribution is 0.174. The lowest BCUT2D eigenvalue weighted by Crippen LogP contribution is -2.34. The van der Waals surface area contributed by atoms with Gasteiger partial charge in [0.15, 0.2) is 5.17 Å². The molecule has 1 aromatic heterocycles. The van der Waals surface area contributed by atoms with Gasteiger partial charge >= 0.3 is 0 Å². The van der Waals surface area contributed by atoms with E-state index in [1.807, 2.05) is 26.1 Å². The third-order valence-electron chi connectivity index (χ3n) is 3.71. The number of thioether (sulfide) groups is 1. The van der Waals surface area contributed by atoms with Crippen LogP contribution in [-0.4, -0.2) is 49.0 Å². The van der Waals surface area contributed by atoms with Crippen molar-refractivity contribution in [3.05, 3.63) is 29.8 Å². The van der Waals surface area contributed by atoms with E-state index >= 15 is 0 Å². The molecule has 0 spiro atoms. The SMILES string of the molecule is CCOc1ccc2nc3c(cc2c1)CN(CCOC)C(=NC)S3.Cl. The molecular formula is C17H22ClN3O2S. The fourth-order valence-electron chi connectivity index (χ4n) is 2.63. The van der Waals surface area contributed by atoms with Crippen LogP contribution in [0.25, 0.3) is 10.9 Å². The van der Waals surface area contributed by atoms with E-state index in [0.29, 0.717) is 13.2 Å². The molecule has 0 amide bonds. The first-order valence-corrected chi connectivity index (χ1v) is 8.51. The van der Waals surface area contributed by atoms with Crippen LogP contribution in [0.5, 0.6) is 5.75 Å². The zero-order valence-corrected chi connectivity index (χ0v) is 15.7. The molecule has 5 nitrogen and oxygen atoms in total. The molecule has 1 aromatic carbocycles. The minimum Gasteiger partial charge on any atom is -0.494 e. The fraction of sp³-hybridized carbons (Fsp3) is 0.412. The maximum absolute atomic E-state index is 5.59. The van der Waals surface area contributed by atoms with E-state index in [-0.39, 0.29) is 12.4 Å². The fourth-order valence-corrected chi connectivity index (χ4v) is 3.57. The molecule has 2 aromatic rings. The molecule has 0 saturated heterocycles. The largest absolute Gasteiger partial charge is 0.494 e. The molecule has 7 heteroatoms. The Kier molecular flexibility index (Phi) is 6.71. The van der Waals surface area contributed by atoms with Gasteiger partial charge in [-0.2, -0.15) is 0 Å². The Labute approximate surface area is 152 Å². The second-order valence-electron chi connectivity index (χ2n) is 5.26. The van der Waals surface area contributed by atoms with Gasteiger partial charge in [0.1, 0.15) is 10.8 Å². The summed E-state index contributed by atoms with van der Waals surface area (Å²) in [7, 11) is 3.54. The zero-order chi connectivity index (χ0) is 16.2. The molecule has 0 bridgehead atoms. The van der Waals surface area contributed by atoms with Crippen LogP contribution < -0.4 is 4.74 Å². The van der Waals surface area contributed by atoms with Gasteiger partial charge in [-0.3, -0.25) is 4.99 Å². The molecule has 24 heavy (non-hydrogen) atoms. The average Bonchev–Trinajstić information content (AvgIpc) is 2.57. The Hall–Kier alpha value is -1.50. The first-order valence-electron chi connectivity index (χ1n) is 7.70. The maximum atomic E-state index is 5.59. The minimum atomic E-state index is 0. The predicted molar refractivity (Wildman–Crippen MR) is 102 cm³/mol. The normalized spacial score (nSPS) is 15.3. The summed E-state index contributed by atoms with van der Waals surface area (Å²) in [6, 6.07) is 8.25. The third kappa shape index (κ3) is 3.94. The van der Waals surface area contributed by atoms with Crippen molar-refractivity contribution in [2.24, 2.45) is 4.99 Å². The van der Waals surface area contributed by atoms with E-state index in [0.717, 1.165) is 39.9 Å². The van der Waals surface area contributed by atoms with Crippen LogP contribution in [-0.2, 0) is 11.3 Å². The standard InChI is InChI=1S/C17H21N3O2S.ClH/c1-4-22-14-5-6-15-12(10-14)9-13-11-20(7-8-21-3)17(18-2)23-16(13)19-15;/h5-6,9-10H,4,7-8,11H2,1-3H3;1H. The Balaban J connectivity index is 0.00000208. The van der Waals surface area contributed by atoms with E-state index < -0.39 is 0 Å². The second-order valence-corrected chi connectivity index (χ2v) is 6.22. The zero-order valence-electron chi connectivity index (χ0n) is 14.1. The van der Waals surface area contributed by atoms with E-state index in [1.165, 1.54) is 5.56 Å². The van der Waals surface area contributed by atoms with E-state index in [9.17, 15) is 0 Å². The number of fused-ring (bicyclic) bond motifs is 2. The van der Waals surface area contributed by atoms with Gasteiger partial charge in [0.25, 0.3) is 0 Å². The molecule has 0 unspecified atom stereocenters.